The Kier molecular flexibility index (Phi) is 4.28. The number of anilines is 1. The van der Waals surface area contributed by atoms with Crippen molar-refractivity contribution in [2.24, 2.45) is 0 Å². The number of nitrogens with zero attached hydrogens (tertiary/aromatic N) is 2. The molecule has 0 saturated heterocycles. The lowest BCUT2D eigenvalue weighted by atomic mass is 9.80. The molecule has 2 amide bonds. The van der Waals surface area contributed by atoms with Gasteiger partial charge >= 0.3 is 6.03 Å². The van der Waals surface area contributed by atoms with Crippen LogP contribution in [0.1, 0.15) is 25.0 Å². The van der Waals surface area contributed by atoms with E-state index >= 15 is 0 Å². The molecule has 1 saturated carbocycles. The lowest BCUT2D eigenvalue weighted by Gasteiger charge is -2.36. The number of carbonyl (C=O) groups excluding carboxylic acids is 1. The molecule has 1 aliphatic carbocycles. The van der Waals surface area contributed by atoms with Gasteiger partial charge in [0.2, 0.25) is 0 Å². The predicted molar refractivity (Wildman–Crippen MR) is 89.1 cm³/mol. The molecule has 0 spiro atoms. The van der Waals surface area contributed by atoms with E-state index in [4.69, 9.17) is 11.6 Å². The lowest BCUT2D eigenvalue weighted by molar-refractivity contribution is -0.0287. The number of hydrogen-bond acceptors (Lipinski definition) is 3. The largest absolute Gasteiger partial charge is 0.388 e. The highest BCUT2D eigenvalue weighted by Crippen LogP contribution is 2.30. The van der Waals surface area contributed by atoms with E-state index in [9.17, 15) is 9.90 Å². The molecule has 23 heavy (non-hydrogen) atoms. The first-order valence-electron chi connectivity index (χ1n) is 7.55. The number of aromatic nitrogens is 2. The van der Waals surface area contributed by atoms with E-state index in [1.54, 1.807) is 22.9 Å². The first kappa shape index (κ1) is 15.8. The second-order valence-corrected chi connectivity index (χ2v) is 6.38. The summed E-state index contributed by atoms with van der Waals surface area (Å²) in [5, 5.41) is 20.3. The van der Waals surface area contributed by atoms with Crippen molar-refractivity contribution in [2.45, 2.75) is 31.8 Å². The van der Waals surface area contributed by atoms with Gasteiger partial charge in [-0.25, -0.2) is 9.48 Å². The third-order valence-corrected chi connectivity index (χ3v) is 4.28. The Balaban J connectivity index is 1.65. The summed E-state index contributed by atoms with van der Waals surface area (Å²) in [4.78, 5) is 11.9. The summed E-state index contributed by atoms with van der Waals surface area (Å²) in [5.74, 6) is 0.445. The van der Waals surface area contributed by atoms with Gasteiger partial charge in [0, 0.05) is 23.3 Å². The zero-order valence-corrected chi connectivity index (χ0v) is 13.6. The summed E-state index contributed by atoms with van der Waals surface area (Å²) in [7, 11) is 0. The normalized spacial score (nSPS) is 15.8. The molecule has 6 nitrogen and oxygen atoms in total. The fourth-order valence-electron chi connectivity index (χ4n) is 2.57. The van der Waals surface area contributed by atoms with Crippen molar-refractivity contribution in [1.82, 2.24) is 15.1 Å². The van der Waals surface area contributed by atoms with Crippen LogP contribution in [0.15, 0.2) is 30.3 Å². The number of aliphatic hydroxyl groups is 1. The summed E-state index contributed by atoms with van der Waals surface area (Å²) < 4.78 is 1.71. The maximum Gasteiger partial charge on any atom is 0.320 e. The van der Waals surface area contributed by atoms with Crippen LogP contribution >= 0.6 is 11.6 Å². The molecule has 0 unspecified atom stereocenters. The number of halogens is 1. The molecule has 3 rings (SSSR count). The van der Waals surface area contributed by atoms with Gasteiger partial charge in [-0.1, -0.05) is 17.7 Å². The molecule has 1 aromatic heterocycles. The average molecular weight is 335 g/mol. The Bertz CT molecular complexity index is 725. The van der Waals surface area contributed by atoms with E-state index in [-0.39, 0.29) is 12.6 Å². The Morgan fingerprint density at radius 1 is 1.43 bits per heavy atom. The zero-order chi connectivity index (χ0) is 16.4. The number of hydrogen-bond donors (Lipinski definition) is 3. The molecule has 0 radical (unpaired) electrons. The van der Waals surface area contributed by atoms with Gasteiger partial charge in [-0.3, -0.25) is 5.32 Å². The number of amides is 2. The average Bonchev–Trinajstić information content (AvgIpc) is 2.84. The first-order chi connectivity index (χ1) is 11.0. The summed E-state index contributed by atoms with van der Waals surface area (Å²) in [6.07, 6.45) is 2.47. The van der Waals surface area contributed by atoms with E-state index in [1.165, 1.54) is 0 Å². The summed E-state index contributed by atoms with van der Waals surface area (Å²) in [5.41, 5.74) is 0.959. The molecule has 0 bridgehead atoms. The fraction of sp³-hybridized carbons (Fsp3) is 0.375. The first-order valence-corrected chi connectivity index (χ1v) is 7.93. The van der Waals surface area contributed by atoms with Crippen LogP contribution in [0.4, 0.5) is 10.6 Å². The third-order valence-electron chi connectivity index (χ3n) is 4.04. The quantitative estimate of drug-likeness (QED) is 0.804. The topological polar surface area (TPSA) is 79.2 Å². The fourth-order valence-corrected chi connectivity index (χ4v) is 2.76. The maximum absolute atomic E-state index is 11.9. The Morgan fingerprint density at radius 3 is 2.87 bits per heavy atom. The van der Waals surface area contributed by atoms with E-state index in [0.29, 0.717) is 10.8 Å². The number of urea groups is 1. The number of rotatable bonds is 4. The van der Waals surface area contributed by atoms with Crippen LogP contribution in [0, 0.1) is 6.92 Å². The highest BCUT2D eigenvalue weighted by atomic mass is 35.5. The van der Waals surface area contributed by atoms with Crippen molar-refractivity contribution < 1.29 is 9.90 Å². The standard InChI is InChI=1S/C16H19ClN4O2/c1-11-8-14(19-15(22)18-10-16(23)6-3-7-16)20-21(11)13-5-2-4-12(17)9-13/h2,4-5,8-9,23H,3,6-7,10H2,1H3,(H2,18,19,20,22). The Labute approximate surface area is 139 Å². The van der Waals surface area contributed by atoms with Crippen molar-refractivity contribution in [3.8, 4) is 5.69 Å². The lowest BCUT2D eigenvalue weighted by Crippen LogP contribution is -2.48. The van der Waals surface area contributed by atoms with E-state index in [2.05, 4.69) is 15.7 Å². The molecule has 122 valence electrons. The third kappa shape index (κ3) is 3.65. The summed E-state index contributed by atoms with van der Waals surface area (Å²) >= 11 is 6.00. The van der Waals surface area contributed by atoms with Gasteiger partial charge in [0.1, 0.15) is 0 Å². The second-order valence-electron chi connectivity index (χ2n) is 5.95. The minimum absolute atomic E-state index is 0.257. The molecule has 1 aromatic carbocycles. The van der Waals surface area contributed by atoms with E-state index in [0.717, 1.165) is 30.6 Å². The molecule has 3 N–H and O–H groups in total. The van der Waals surface area contributed by atoms with Crippen LogP contribution in [0.5, 0.6) is 0 Å². The number of nitrogens with one attached hydrogen (secondary N) is 2. The monoisotopic (exact) mass is 334 g/mol. The van der Waals surface area contributed by atoms with Gasteiger partial charge in [-0.2, -0.15) is 0 Å². The van der Waals surface area contributed by atoms with Crippen LogP contribution in [-0.4, -0.2) is 33.1 Å². The van der Waals surface area contributed by atoms with Gasteiger partial charge in [-0.15, -0.1) is 5.10 Å². The Hall–Kier alpha value is -2.05. The number of carbonyl (C=O) groups is 1. The van der Waals surface area contributed by atoms with Gasteiger partial charge in [-0.05, 0) is 44.4 Å². The number of aryl methyl sites for hydroxylation is 1. The Morgan fingerprint density at radius 2 is 2.22 bits per heavy atom. The molecule has 7 heteroatoms. The molecule has 1 aliphatic rings. The highest BCUT2D eigenvalue weighted by molar-refractivity contribution is 6.30. The van der Waals surface area contributed by atoms with Crippen LogP contribution in [0.2, 0.25) is 5.02 Å². The summed E-state index contributed by atoms with van der Waals surface area (Å²) in [6, 6.07) is 8.73. The van der Waals surface area contributed by atoms with Crippen molar-refractivity contribution in [2.75, 3.05) is 11.9 Å². The van der Waals surface area contributed by atoms with Crippen molar-refractivity contribution in [3.63, 3.8) is 0 Å². The van der Waals surface area contributed by atoms with Gasteiger partial charge in [0.05, 0.1) is 11.3 Å². The van der Waals surface area contributed by atoms with Crippen LogP contribution in [-0.2, 0) is 0 Å². The molecular formula is C16H19ClN4O2. The van der Waals surface area contributed by atoms with Gasteiger partial charge in [0.25, 0.3) is 0 Å². The van der Waals surface area contributed by atoms with E-state index in [1.807, 2.05) is 19.1 Å². The maximum atomic E-state index is 11.9. The summed E-state index contributed by atoms with van der Waals surface area (Å²) in [6.45, 7) is 2.15. The second kappa shape index (κ2) is 6.22. The molecule has 0 atom stereocenters. The predicted octanol–water partition coefficient (Wildman–Crippen LogP) is 2.87. The highest BCUT2D eigenvalue weighted by Gasteiger charge is 2.34. The zero-order valence-electron chi connectivity index (χ0n) is 12.8. The minimum atomic E-state index is -0.743. The van der Waals surface area contributed by atoms with E-state index < -0.39 is 5.60 Å². The molecule has 1 fully saturated rings. The van der Waals surface area contributed by atoms with Gasteiger partial charge in [0.15, 0.2) is 5.82 Å². The van der Waals surface area contributed by atoms with Crippen LogP contribution < -0.4 is 10.6 Å². The smallest absolute Gasteiger partial charge is 0.320 e. The van der Waals surface area contributed by atoms with Crippen LogP contribution in [0.3, 0.4) is 0 Å². The molecular weight excluding hydrogens is 316 g/mol. The molecule has 0 aliphatic heterocycles. The number of benzene rings is 1. The van der Waals surface area contributed by atoms with Crippen molar-refractivity contribution in [1.29, 1.82) is 0 Å². The van der Waals surface area contributed by atoms with Gasteiger partial charge < -0.3 is 10.4 Å². The minimum Gasteiger partial charge on any atom is -0.388 e. The molecule has 1 heterocycles. The van der Waals surface area contributed by atoms with Crippen LogP contribution in [0.25, 0.3) is 5.69 Å². The van der Waals surface area contributed by atoms with Crippen molar-refractivity contribution >= 4 is 23.4 Å². The molecule has 2 aromatic rings. The van der Waals surface area contributed by atoms with Crippen molar-refractivity contribution in [3.05, 3.63) is 41.0 Å². The SMILES string of the molecule is Cc1cc(NC(=O)NCC2(O)CCC2)nn1-c1cccc(Cl)c1.